The van der Waals surface area contributed by atoms with Crippen LogP contribution in [0.4, 0.5) is 5.82 Å². The number of amides is 1. The Kier molecular flexibility index (Phi) is 5.97. The Morgan fingerprint density at radius 2 is 1.93 bits per heavy atom. The van der Waals surface area contributed by atoms with Gasteiger partial charge in [-0.05, 0) is 49.8 Å². The van der Waals surface area contributed by atoms with Crippen molar-refractivity contribution in [3.05, 3.63) is 44.7 Å². The molecule has 0 atom stereocenters. The van der Waals surface area contributed by atoms with E-state index in [0.29, 0.717) is 38.7 Å². The van der Waals surface area contributed by atoms with E-state index >= 15 is 0 Å². The molecule has 6 nitrogen and oxygen atoms in total. The lowest BCUT2D eigenvalue weighted by molar-refractivity contribution is -0.122. The number of rotatable bonds is 4. The number of piperidine rings is 1. The van der Waals surface area contributed by atoms with E-state index in [0.717, 1.165) is 31.5 Å². The minimum Gasteiger partial charge on any atom is -0.356 e. The van der Waals surface area contributed by atoms with Gasteiger partial charge in [-0.3, -0.25) is 18.9 Å². The van der Waals surface area contributed by atoms with Gasteiger partial charge in [-0.15, -0.1) is 0 Å². The summed E-state index contributed by atoms with van der Waals surface area (Å²) in [4.78, 5) is 35.6. The van der Waals surface area contributed by atoms with Gasteiger partial charge in [0.2, 0.25) is 0 Å². The van der Waals surface area contributed by atoms with E-state index in [9.17, 15) is 9.59 Å². The number of carbonyl (C=O) groups is 1. The van der Waals surface area contributed by atoms with Crippen LogP contribution in [0.2, 0.25) is 0 Å². The minimum atomic E-state index is -0.154. The Morgan fingerprint density at radius 3 is 2.63 bits per heavy atom. The lowest BCUT2D eigenvalue weighted by Crippen LogP contribution is -2.34. The average molecular weight is 443 g/mol. The number of hydrogen-bond acceptors (Lipinski definition) is 6. The predicted molar refractivity (Wildman–Crippen MR) is 127 cm³/mol. The molecule has 0 radical (unpaired) electrons. The summed E-state index contributed by atoms with van der Waals surface area (Å²) in [7, 11) is 0. The van der Waals surface area contributed by atoms with Crippen molar-refractivity contribution in [1.29, 1.82) is 0 Å². The van der Waals surface area contributed by atoms with Crippen molar-refractivity contribution < 1.29 is 4.79 Å². The van der Waals surface area contributed by atoms with E-state index in [4.69, 9.17) is 17.2 Å². The Balaban J connectivity index is 1.85. The van der Waals surface area contributed by atoms with Crippen LogP contribution in [0.25, 0.3) is 11.7 Å². The third-order valence-corrected chi connectivity index (χ3v) is 6.72. The normalized spacial score (nSPS) is 19.0. The van der Waals surface area contributed by atoms with Crippen LogP contribution in [-0.2, 0) is 4.79 Å². The average Bonchev–Trinajstić information content (AvgIpc) is 2.98. The molecule has 0 saturated carbocycles. The largest absolute Gasteiger partial charge is 0.356 e. The highest BCUT2D eigenvalue weighted by molar-refractivity contribution is 8.26. The third kappa shape index (κ3) is 4.03. The molecule has 0 aliphatic carbocycles. The minimum absolute atomic E-state index is 0.128. The van der Waals surface area contributed by atoms with Crippen LogP contribution in [0.5, 0.6) is 0 Å². The molecule has 0 aromatic carbocycles. The summed E-state index contributed by atoms with van der Waals surface area (Å²) in [6.07, 6.45) is 6.83. The molecule has 2 saturated heterocycles. The molecule has 0 N–H and O–H groups in total. The molecule has 0 unspecified atom stereocenters. The molecule has 8 heteroatoms. The molecular weight excluding hydrogens is 416 g/mol. The topological polar surface area (TPSA) is 57.9 Å². The fraction of sp³-hybridized carbons (Fsp3) is 0.455. The maximum Gasteiger partial charge on any atom is 0.267 e. The van der Waals surface area contributed by atoms with Crippen LogP contribution < -0.4 is 10.5 Å². The number of carbonyl (C=O) groups excluding carboxylic acids is 1. The third-order valence-electron chi connectivity index (χ3n) is 5.34. The number of aromatic nitrogens is 2. The molecule has 1 amide bonds. The van der Waals surface area contributed by atoms with Gasteiger partial charge in [0.1, 0.15) is 15.8 Å². The number of anilines is 1. The fourth-order valence-corrected chi connectivity index (χ4v) is 5.13. The van der Waals surface area contributed by atoms with E-state index in [1.807, 2.05) is 19.1 Å². The van der Waals surface area contributed by atoms with Crippen LogP contribution in [0.1, 0.15) is 44.2 Å². The standard InChI is InChI=1S/C22H26N4O2S2/c1-14(2)12-26-21(28)17(30-22(26)29)11-16-19(24-9-5-4-6-10-24)23-18-8-7-15(3)13-25(18)20(16)27/h7-8,11,13-14H,4-6,9-10,12H2,1-3H3/b17-11-. The maximum atomic E-state index is 13.5. The first-order valence-electron chi connectivity index (χ1n) is 10.4. The summed E-state index contributed by atoms with van der Waals surface area (Å²) >= 11 is 6.70. The molecule has 2 aliphatic heterocycles. The zero-order valence-electron chi connectivity index (χ0n) is 17.6. The SMILES string of the molecule is Cc1ccc2nc(N3CCCCC3)c(/C=C3\SC(=S)N(CC(C)C)C3=O)c(=O)n2c1. The van der Waals surface area contributed by atoms with Gasteiger partial charge in [-0.25, -0.2) is 4.98 Å². The van der Waals surface area contributed by atoms with Gasteiger partial charge in [0, 0.05) is 25.8 Å². The molecule has 158 valence electrons. The lowest BCUT2D eigenvalue weighted by Gasteiger charge is -2.29. The monoisotopic (exact) mass is 442 g/mol. The van der Waals surface area contributed by atoms with Gasteiger partial charge in [0.15, 0.2) is 0 Å². The number of hydrogen-bond donors (Lipinski definition) is 0. The highest BCUT2D eigenvalue weighted by atomic mass is 32.2. The molecule has 2 aromatic rings. The summed E-state index contributed by atoms with van der Waals surface area (Å²) < 4.78 is 2.12. The van der Waals surface area contributed by atoms with Crippen molar-refractivity contribution in [2.75, 3.05) is 24.5 Å². The van der Waals surface area contributed by atoms with Gasteiger partial charge in [0.05, 0.1) is 10.5 Å². The van der Waals surface area contributed by atoms with Gasteiger partial charge < -0.3 is 4.90 Å². The van der Waals surface area contributed by atoms with E-state index in [2.05, 4.69) is 18.7 Å². The molecule has 0 bridgehead atoms. The molecule has 4 heterocycles. The summed E-state index contributed by atoms with van der Waals surface area (Å²) in [6, 6.07) is 3.83. The van der Waals surface area contributed by atoms with Crippen molar-refractivity contribution in [3.8, 4) is 0 Å². The van der Waals surface area contributed by atoms with Crippen LogP contribution in [0.15, 0.2) is 28.0 Å². The number of pyridine rings is 1. The van der Waals surface area contributed by atoms with Gasteiger partial charge in [-0.2, -0.15) is 0 Å². The molecule has 30 heavy (non-hydrogen) atoms. The number of thioether (sulfide) groups is 1. The zero-order chi connectivity index (χ0) is 21.4. The first kappa shape index (κ1) is 21.1. The van der Waals surface area contributed by atoms with Crippen molar-refractivity contribution in [2.45, 2.75) is 40.0 Å². The van der Waals surface area contributed by atoms with Crippen molar-refractivity contribution in [3.63, 3.8) is 0 Å². The molecule has 2 fully saturated rings. The smallest absolute Gasteiger partial charge is 0.267 e. The quantitative estimate of drug-likeness (QED) is 0.530. The Bertz CT molecular complexity index is 1100. The van der Waals surface area contributed by atoms with Gasteiger partial charge in [-0.1, -0.05) is 43.9 Å². The Labute approximate surface area is 186 Å². The van der Waals surface area contributed by atoms with E-state index in [1.165, 1.54) is 18.2 Å². The van der Waals surface area contributed by atoms with Crippen LogP contribution in [0, 0.1) is 12.8 Å². The molecular formula is C22H26N4O2S2. The molecule has 4 rings (SSSR count). The first-order valence-corrected chi connectivity index (χ1v) is 11.6. The predicted octanol–water partition coefficient (Wildman–Crippen LogP) is 3.85. The molecule has 2 aromatic heterocycles. The number of fused-ring (bicyclic) bond motifs is 1. The van der Waals surface area contributed by atoms with Crippen molar-refractivity contribution in [2.24, 2.45) is 5.92 Å². The second-order valence-corrected chi connectivity index (χ2v) is 10.00. The fourth-order valence-electron chi connectivity index (χ4n) is 3.87. The summed E-state index contributed by atoms with van der Waals surface area (Å²) in [5.74, 6) is 0.849. The first-order chi connectivity index (χ1) is 14.3. The van der Waals surface area contributed by atoms with Crippen molar-refractivity contribution in [1.82, 2.24) is 14.3 Å². The summed E-state index contributed by atoms with van der Waals surface area (Å²) in [5, 5.41) is 0. The number of aryl methyl sites for hydroxylation is 1. The maximum absolute atomic E-state index is 13.5. The second-order valence-electron chi connectivity index (χ2n) is 8.32. The van der Waals surface area contributed by atoms with Crippen molar-refractivity contribution >= 4 is 51.7 Å². The molecule has 2 aliphatic rings. The van der Waals surface area contributed by atoms with Crippen LogP contribution in [0.3, 0.4) is 0 Å². The Morgan fingerprint density at radius 1 is 1.20 bits per heavy atom. The van der Waals surface area contributed by atoms with E-state index in [1.54, 1.807) is 21.6 Å². The lowest BCUT2D eigenvalue weighted by atomic mass is 10.1. The summed E-state index contributed by atoms with van der Waals surface area (Å²) in [5.41, 5.74) is 1.91. The van der Waals surface area contributed by atoms with E-state index in [-0.39, 0.29) is 11.5 Å². The second kappa shape index (κ2) is 8.51. The van der Waals surface area contributed by atoms with Crippen LogP contribution in [-0.4, -0.2) is 44.1 Å². The number of nitrogens with zero attached hydrogens (tertiary/aromatic N) is 4. The number of thiocarbonyl (C=S) groups is 1. The van der Waals surface area contributed by atoms with Gasteiger partial charge >= 0.3 is 0 Å². The Hall–Kier alpha value is -2.19. The highest BCUT2D eigenvalue weighted by Crippen LogP contribution is 2.34. The van der Waals surface area contributed by atoms with Gasteiger partial charge in [0.25, 0.3) is 11.5 Å². The molecule has 0 spiro atoms. The summed E-state index contributed by atoms with van der Waals surface area (Å²) in [6.45, 7) is 8.36. The highest BCUT2D eigenvalue weighted by Gasteiger charge is 2.33. The zero-order valence-corrected chi connectivity index (χ0v) is 19.2. The van der Waals surface area contributed by atoms with E-state index < -0.39 is 0 Å². The van der Waals surface area contributed by atoms with Crippen LogP contribution >= 0.6 is 24.0 Å².